The van der Waals surface area contributed by atoms with Gasteiger partial charge in [-0.2, -0.15) is 0 Å². The van der Waals surface area contributed by atoms with Gasteiger partial charge in [-0.3, -0.25) is 9.59 Å². The fourth-order valence-electron chi connectivity index (χ4n) is 11.4. The number of ether oxygens (including phenoxy) is 4. The van der Waals surface area contributed by atoms with Crippen LogP contribution >= 0.6 is 0 Å². The van der Waals surface area contributed by atoms with Crippen molar-refractivity contribution < 1.29 is 28.5 Å². The number of benzene rings is 4. The Morgan fingerprint density at radius 1 is 0.487 bits per heavy atom. The van der Waals surface area contributed by atoms with Gasteiger partial charge in [-0.05, 0) is 204 Å². The molecule has 0 saturated heterocycles. The third-order valence-corrected chi connectivity index (χ3v) is 16.1. The third-order valence-electron chi connectivity index (χ3n) is 16.1. The van der Waals surface area contributed by atoms with Gasteiger partial charge in [0, 0.05) is 71.3 Å². The Hall–Kier alpha value is -8.46. The Balaban J connectivity index is 0.000000148. The number of aryl methyl sites for hydroxylation is 4. The fourth-order valence-corrected chi connectivity index (χ4v) is 11.4. The second-order valence-electron chi connectivity index (χ2n) is 21.7. The fraction of sp³-hybridized carbons (Fsp3) is 0.281. The van der Waals surface area contributed by atoms with Crippen LogP contribution in [0.25, 0.3) is 22.3 Å². The first-order valence-corrected chi connectivity index (χ1v) is 27.0. The number of pyridine rings is 4. The molecule has 14 nitrogen and oxygen atoms in total. The van der Waals surface area contributed by atoms with E-state index in [0.29, 0.717) is 59.4 Å². The number of nitrogen functional groups attached to an aromatic ring is 2. The molecular weight excluding hydrogens is 977 g/mol. The number of fused-ring (bicyclic) bond motifs is 16. The number of nitrogens with zero attached hydrogens (tertiary/aromatic N) is 4. The van der Waals surface area contributed by atoms with E-state index < -0.39 is 0 Å². The molecule has 2 aliphatic carbocycles. The van der Waals surface area contributed by atoms with E-state index in [1.54, 1.807) is 0 Å². The van der Waals surface area contributed by atoms with E-state index in [1.807, 2.05) is 101 Å². The summed E-state index contributed by atoms with van der Waals surface area (Å²) in [5, 5.41) is 6.09. The van der Waals surface area contributed by atoms with Crippen LogP contribution in [-0.4, -0.2) is 45.0 Å². The Bertz CT molecular complexity index is 3660. The molecule has 2 fully saturated rings. The lowest BCUT2D eigenvalue weighted by atomic mass is 9.84. The quantitative estimate of drug-likeness (QED) is 0.0805. The summed E-state index contributed by atoms with van der Waals surface area (Å²) in [6, 6.07) is 36.4. The van der Waals surface area contributed by atoms with Gasteiger partial charge in [0.1, 0.15) is 36.1 Å². The average Bonchev–Trinajstić information content (AvgIpc) is 4.39. The lowest BCUT2D eigenvalue weighted by Crippen LogP contribution is -2.24. The number of hydrogen-bond donors (Lipinski definition) is 4. The second kappa shape index (κ2) is 19.8. The van der Waals surface area contributed by atoms with E-state index in [1.165, 1.54) is 36.8 Å². The zero-order chi connectivity index (χ0) is 53.3. The molecule has 2 saturated carbocycles. The highest BCUT2D eigenvalue weighted by molar-refractivity contribution is 5.95. The highest BCUT2D eigenvalue weighted by Gasteiger charge is 2.44. The number of carbonyl (C=O) groups is 2. The summed E-state index contributed by atoms with van der Waals surface area (Å²) < 4.78 is 24.4. The van der Waals surface area contributed by atoms with Gasteiger partial charge in [0.25, 0.3) is 11.8 Å². The van der Waals surface area contributed by atoms with Gasteiger partial charge in [0.05, 0.1) is 13.2 Å². The minimum Gasteiger partial charge on any atom is -0.477 e. The molecule has 6 N–H and O–H groups in total. The normalized spacial score (nSPS) is 18.5. The van der Waals surface area contributed by atoms with Crippen molar-refractivity contribution in [3.8, 4) is 34.0 Å². The molecule has 0 radical (unpaired) electrons. The van der Waals surface area contributed by atoms with Crippen molar-refractivity contribution in [2.24, 2.45) is 11.8 Å². The molecule has 2 amide bonds. The number of nitrogens with one attached hydrogen (secondary N) is 2. The monoisotopic (exact) mass is 1040 g/mol. The number of aromatic nitrogens is 4. The van der Waals surface area contributed by atoms with Crippen LogP contribution in [0.3, 0.4) is 0 Å². The maximum Gasteiger partial charge on any atom is 0.251 e. The summed E-state index contributed by atoms with van der Waals surface area (Å²) >= 11 is 0. The van der Waals surface area contributed by atoms with Gasteiger partial charge in [-0.15, -0.1) is 0 Å². The second-order valence-corrected chi connectivity index (χ2v) is 21.7. The zero-order valence-electron chi connectivity index (χ0n) is 44.1. The Labute approximate surface area is 453 Å². The number of rotatable bonds is 14. The lowest BCUT2D eigenvalue weighted by molar-refractivity contribution is 0.0856. The first kappa shape index (κ1) is 49.1. The van der Waals surface area contributed by atoms with Gasteiger partial charge in [-0.25, -0.2) is 19.9 Å². The molecule has 14 rings (SSSR count). The van der Waals surface area contributed by atoms with Crippen molar-refractivity contribution in [3.05, 3.63) is 211 Å². The average molecular weight is 1040 g/mol. The molecule has 4 atom stereocenters. The van der Waals surface area contributed by atoms with Gasteiger partial charge in [-0.1, -0.05) is 36.4 Å². The van der Waals surface area contributed by atoms with Gasteiger partial charge in [0.2, 0.25) is 11.8 Å². The van der Waals surface area contributed by atoms with Crippen molar-refractivity contribution >= 4 is 23.5 Å². The first-order chi connectivity index (χ1) is 37.9. The van der Waals surface area contributed by atoms with Gasteiger partial charge < -0.3 is 41.0 Å². The van der Waals surface area contributed by atoms with Crippen LogP contribution in [0.4, 0.5) is 11.6 Å². The summed E-state index contributed by atoms with van der Waals surface area (Å²) in [7, 11) is 0. The molecule has 8 aromatic rings. The molecule has 14 heteroatoms. The van der Waals surface area contributed by atoms with Crippen LogP contribution in [-0.2, 0) is 22.6 Å². The van der Waals surface area contributed by atoms with Crippen molar-refractivity contribution in [1.29, 1.82) is 0 Å². The molecule has 4 unspecified atom stereocenters. The third kappa shape index (κ3) is 9.49. The van der Waals surface area contributed by atoms with Crippen molar-refractivity contribution in [1.82, 2.24) is 30.6 Å². The highest BCUT2D eigenvalue weighted by atomic mass is 16.5. The number of amides is 2. The molecular formula is C64H60N8O6. The first-order valence-electron chi connectivity index (χ1n) is 27.0. The molecule has 8 heterocycles. The Morgan fingerprint density at radius 2 is 0.859 bits per heavy atom. The summed E-state index contributed by atoms with van der Waals surface area (Å²) in [6.45, 7) is 10.1. The Morgan fingerprint density at radius 3 is 1.24 bits per heavy atom. The molecule has 4 aromatic heterocycles. The summed E-state index contributed by atoms with van der Waals surface area (Å²) in [5.74, 6) is 3.48. The largest absolute Gasteiger partial charge is 0.477 e. The van der Waals surface area contributed by atoms with Gasteiger partial charge in [0.15, 0.2) is 0 Å². The summed E-state index contributed by atoms with van der Waals surface area (Å²) in [5.41, 5.74) is 31.9. The maximum atomic E-state index is 13.1. The molecule has 392 valence electrons. The SMILES string of the molecule is Cc1cc(N)nc(C)c1CNC(=O)c1ccc2c(c1)C1OC2c2cc(-c3ccc(OCC4CC4)nc3)ccc21.Cc1cc(N)nc(C)c1CNC(=O)c1ccc2c(c1)C1OC2c2ccc(-c3ccc(OCC4CC4)nc3)cc21. The van der Waals surface area contributed by atoms with Crippen molar-refractivity contribution in [2.45, 2.75) is 90.9 Å². The minimum atomic E-state index is -0.187. The van der Waals surface area contributed by atoms with Crippen LogP contribution in [0.15, 0.2) is 122 Å². The highest BCUT2D eigenvalue weighted by Crippen LogP contribution is 2.56. The predicted octanol–water partition coefficient (Wildman–Crippen LogP) is 11.2. The van der Waals surface area contributed by atoms with E-state index in [2.05, 4.69) is 79.1 Å². The molecule has 4 aromatic carbocycles. The molecule has 4 bridgehead atoms. The van der Waals surface area contributed by atoms with E-state index in [9.17, 15) is 9.59 Å². The lowest BCUT2D eigenvalue weighted by Gasteiger charge is -2.18. The summed E-state index contributed by atoms with van der Waals surface area (Å²) in [6.07, 6.45) is 8.20. The van der Waals surface area contributed by atoms with Crippen LogP contribution < -0.4 is 31.6 Å². The van der Waals surface area contributed by atoms with E-state index >= 15 is 0 Å². The van der Waals surface area contributed by atoms with Crippen molar-refractivity contribution in [3.63, 3.8) is 0 Å². The standard InChI is InChI=1S/2C32H30N4O3/c1-17-11-28(33)36-18(2)27(17)15-35-32(37)21-6-9-24-26(13-21)31-23-8-5-20(12-25(23)30(24)39-31)22-7-10-29(34-14-22)38-16-19-3-4-19;1-17-11-28(33)36-18(2)27(17)15-35-32(37)21-6-9-24-26(13-21)31-25-12-20(5-8-23(25)30(24)39-31)22-7-10-29(34-14-22)38-16-19-3-4-19/h2*5-14,19,30-31H,3-4,15-16H2,1-2H3,(H2,33,36)(H,35,37). The van der Waals surface area contributed by atoms with Crippen LogP contribution in [0.1, 0.15) is 149 Å². The van der Waals surface area contributed by atoms with E-state index in [4.69, 9.17) is 30.4 Å². The number of hydrogen-bond acceptors (Lipinski definition) is 12. The smallest absolute Gasteiger partial charge is 0.251 e. The number of anilines is 2. The van der Waals surface area contributed by atoms with Gasteiger partial charge >= 0.3 is 0 Å². The molecule has 4 aliphatic heterocycles. The molecule has 0 spiro atoms. The van der Waals surface area contributed by atoms with Crippen LogP contribution in [0.2, 0.25) is 0 Å². The van der Waals surface area contributed by atoms with E-state index in [-0.39, 0.29) is 36.2 Å². The Kier molecular flexibility index (Phi) is 12.5. The topological polar surface area (TPSA) is 199 Å². The van der Waals surface area contributed by atoms with Crippen LogP contribution in [0.5, 0.6) is 11.8 Å². The maximum absolute atomic E-state index is 13.1. The number of nitrogens with two attached hydrogens (primary N) is 2. The van der Waals surface area contributed by atoms with Crippen molar-refractivity contribution in [2.75, 3.05) is 24.7 Å². The van der Waals surface area contributed by atoms with E-state index in [0.717, 1.165) is 102 Å². The number of carbonyl (C=O) groups excluding carboxylic acids is 2. The predicted molar refractivity (Wildman–Crippen MR) is 297 cm³/mol. The molecule has 6 aliphatic rings. The molecule has 78 heavy (non-hydrogen) atoms. The van der Waals surface area contributed by atoms with Crippen LogP contribution in [0, 0.1) is 39.5 Å². The minimum absolute atomic E-state index is 0.103. The zero-order valence-corrected chi connectivity index (χ0v) is 44.1. The summed E-state index contributed by atoms with van der Waals surface area (Å²) in [4.78, 5) is 43.8.